The number of rotatable bonds is 11. The number of carbonyl (C=O) groups excluding carboxylic acids is 1. The van der Waals surface area contributed by atoms with E-state index in [1.807, 2.05) is 29.2 Å². The molecule has 0 bridgehead atoms. The van der Waals surface area contributed by atoms with Crippen molar-refractivity contribution in [3.05, 3.63) is 29.8 Å². The molecule has 146 valence electrons. The highest BCUT2D eigenvalue weighted by atomic mass is 16.5. The van der Waals surface area contributed by atoms with Crippen LogP contribution in [0.4, 0.5) is 0 Å². The first-order valence-corrected chi connectivity index (χ1v) is 9.35. The maximum atomic E-state index is 12.7. The van der Waals surface area contributed by atoms with Crippen LogP contribution in [0.1, 0.15) is 33.3 Å². The molecule has 0 atom stereocenters. The molecule has 0 unspecified atom stereocenters. The fourth-order valence-corrected chi connectivity index (χ4v) is 2.73. The number of carbonyl (C=O) groups is 1. The molecule has 0 radical (unpaired) electrons. The van der Waals surface area contributed by atoms with E-state index in [0.29, 0.717) is 17.4 Å². The molecule has 1 amide bonds. The highest BCUT2D eigenvalue weighted by Crippen LogP contribution is 2.23. The van der Waals surface area contributed by atoms with E-state index in [2.05, 4.69) is 32.6 Å². The number of nitrogens with zero attached hydrogens (tertiary/aromatic N) is 2. The third-order valence-electron chi connectivity index (χ3n) is 4.27. The van der Waals surface area contributed by atoms with E-state index >= 15 is 0 Å². The van der Waals surface area contributed by atoms with E-state index in [1.54, 1.807) is 20.3 Å². The SMILES string of the molecule is CCN(CC)CCN(CC(C)C)C(=O)/C=C/c1cc(OC)cc(OC)c1. The van der Waals surface area contributed by atoms with Gasteiger partial charge in [0.25, 0.3) is 0 Å². The summed E-state index contributed by atoms with van der Waals surface area (Å²) in [5.41, 5.74) is 0.878. The average Bonchev–Trinajstić information content (AvgIpc) is 2.65. The fraction of sp³-hybridized carbons (Fsp3) is 0.571. The molecule has 0 saturated carbocycles. The number of ether oxygens (including phenoxy) is 2. The van der Waals surface area contributed by atoms with Gasteiger partial charge in [-0.2, -0.15) is 0 Å². The number of hydrogen-bond donors (Lipinski definition) is 0. The van der Waals surface area contributed by atoms with Gasteiger partial charge >= 0.3 is 0 Å². The van der Waals surface area contributed by atoms with Crippen molar-refractivity contribution >= 4 is 12.0 Å². The van der Waals surface area contributed by atoms with Gasteiger partial charge in [-0.25, -0.2) is 0 Å². The number of amides is 1. The monoisotopic (exact) mass is 362 g/mol. The topological polar surface area (TPSA) is 42.0 Å². The molecule has 0 aliphatic heterocycles. The third kappa shape index (κ3) is 7.48. The molecular weight excluding hydrogens is 328 g/mol. The Kier molecular flexibility index (Phi) is 9.81. The minimum atomic E-state index is 0.0349. The van der Waals surface area contributed by atoms with Gasteiger partial charge in [-0.1, -0.05) is 27.7 Å². The lowest BCUT2D eigenvalue weighted by Crippen LogP contribution is -2.39. The minimum Gasteiger partial charge on any atom is -0.497 e. The zero-order chi connectivity index (χ0) is 19.5. The summed E-state index contributed by atoms with van der Waals surface area (Å²) in [4.78, 5) is 17.0. The van der Waals surface area contributed by atoms with Crippen molar-refractivity contribution in [1.82, 2.24) is 9.80 Å². The van der Waals surface area contributed by atoms with Crippen LogP contribution < -0.4 is 9.47 Å². The Bertz CT molecular complexity index is 558. The second kappa shape index (κ2) is 11.6. The zero-order valence-electron chi connectivity index (χ0n) is 17.1. The smallest absolute Gasteiger partial charge is 0.246 e. The Morgan fingerprint density at radius 1 is 1.04 bits per heavy atom. The lowest BCUT2D eigenvalue weighted by molar-refractivity contribution is -0.126. The second-order valence-electron chi connectivity index (χ2n) is 6.68. The largest absolute Gasteiger partial charge is 0.497 e. The molecule has 1 aromatic rings. The van der Waals surface area contributed by atoms with Crippen LogP contribution >= 0.6 is 0 Å². The maximum Gasteiger partial charge on any atom is 0.246 e. The van der Waals surface area contributed by atoms with Gasteiger partial charge in [-0.05, 0) is 42.8 Å². The highest BCUT2D eigenvalue weighted by Gasteiger charge is 2.13. The Balaban J connectivity index is 2.85. The summed E-state index contributed by atoms with van der Waals surface area (Å²) in [5, 5.41) is 0. The highest BCUT2D eigenvalue weighted by molar-refractivity contribution is 5.91. The quantitative estimate of drug-likeness (QED) is 0.565. The van der Waals surface area contributed by atoms with Crippen LogP contribution in [0.3, 0.4) is 0 Å². The van der Waals surface area contributed by atoms with Gasteiger partial charge in [-0.15, -0.1) is 0 Å². The van der Waals surface area contributed by atoms with Crippen molar-refractivity contribution in [3.8, 4) is 11.5 Å². The predicted molar refractivity (Wildman–Crippen MR) is 108 cm³/mol. The van der Waals surface area contributed by atoms with Gasteiger partial charge in [0.2, 0.25) is 5.91 Å². The summed E-state index contributed by atoms with van der Waals surface area (Å²) >= 11 is 0. The molecule has 5 heteroatoms. The van der Waals surface area contributed by atoms with Crippen LogP contribution in [0.15, 0.2) is 24.3 Å². The molecule has 0 aromatic heterocycles. The lowest BCUT2D eigenvalue weighted by atomic mass is 10.1. The summed E-state index contributed by atoms with van der Waals surface area (Å²) in [7, 11) is 3.23. The molecule has 5 nitrogen and oxygen atoms in total. The molecule has 26 heavy (non-hydrogen) atoms. The number of methoxy groups -OCH3 is 2. The average molecular weight is 363 g/mol. The summed E-state index contributed by atoms with van der Waals surface area (Å²) in [6, 6.07) is 5.58. The molecule has 0 heterocycles. The molecule has 1 aromatic carbocycles. The van der Waals surface area contributed by atoms with Crippen molar-refractivity contribution in [2.75, 3.05) is 46.9 Å². The van der Waals surface area contributed by atoms with Crippen molar-refractivity contribution in [2.45, 2.75) is 27.7 Å². The summed E-state index contributed by atoms with van der Waals surface area (Å²) in [6.45, 7) is 13.0. The predicted octanol–water partition coefficient (Wildman–Crippen LogP) is 3.54. The lowest BCUT2D eigenvalue weighted by Gasteiger charge is -2.27. The fourth-order valence-electron chi connectivity index (χ4n) is 2.73. The normalized spacial score (nSPS) is 11.4. The minimum absolute atomic E-state index is 0.0349. The molecule has 0 spiro atoms. The standard InChI is InChI=1S/C21H34N2O3/c1-7-22(8-2)11-12-23(16-17(3)4)21(24)10-9-18-13-19(25-5)15-20(14-18)26-6/h9-10,13-15,17H,7-8,11-12,16H2,1-6H3/b10-9+. The van der Waals surface area contributed by atoms with Crippen LogP contribution in [0.5, 0.6) is 11.5 Å². The van der Waals surface area contributed by atoms with Crippen LogP contribution in [0.2, 0.25) is 0 Å². The van der Waals surface area contributed by atoms with Gasteiger partial charge in [0.05, 0.1) is 14.2 Å². The Hall–Kier alpha value is -2.01. The summed E-state index contributed by atoms with van der Waals surface area (Å²) < 4.78 is 10.6. The van der Waals surface area contributed by atoms with Crippen molar-refractivity contribution in [1.29, 1.82) is 0 Å². The van der Waals surface area contributed by atoms with Crippen LogP contribution in [-0.4, -0.2) is 62.7 Å². The zero-order valence-corrected chi connectivity index (χ0v) is 17.1. The molecule has 0 aliphatic rings. The first-order chi connectivity index (χ1) is 12.4. The first kappa shape index (κ1) is 22.0. The van der Waals surface area contributed by atoms with Crippen molar-refractivity contribution < 1.29 is 14.3 Å². The molecule has 0 saturated heterocycles. The number of benzene rings is 1. The summed E-state index contributed by atoms with van der Waals surface area (Å²) in [5.74, 6) is 1.88. The van der Waals surface area contributed by atoms with Crippen molar-refractivity contribution in [3.63, 3.8) is 0 Å². The van der Waals surface area contributed by atoms with E-state index in [-0.39, 0.29) is 5.91 Å². The maximum absolute atomic E-state index is 12.7. The van der Waals surface area contributed by atoms with Crippen LogP contribution in [0.25, 0.3) is 6.08 Å². The van der Waals surface area contributed by atoms with Crippen molar-refractivity contribution in [2.24, 2.45) is 5.92 Å². The van der Waals surface area contributed by atoms with Crippen LogP contribution in [-0.2, 0) is 4.79 Å². The molecule has 0 N–H and O–H groups in total. The number of likely N-dealkylation sites (N-methyl/N-ethyl adjacent to an activating group) is 1. The molecular formula is C21H34N2O3. The van der Waals surface area contributed by atoms with Gasteiger partial charge in [0, 0.05) is 31.8 Å². The van der Waals surface area contributed by atoms with E-state index in [1.165, 1.54) is 0 Å². The first-order valence-electron chi connectivity index (χ1n) is 9.35. The molecule has 0 fully saturated rings. The third-order valence-corrected chi connectivity index (χ3v) is 4.27. The second-order valence-corrected chi connectivity index (χ2v) is 6.68. The van der Waals surface area contributed by atoms with Gasteiger partial charge in [0.15, 0.2) is 0 Å². The Morgan fingerprint density at radius 2 is 1.62 bits per heavy atom. The van der Waals surface area contributed by atoms with E-state index in [9.17, 15) is 4.79 Å². The Labute approximate surface area is 158 Å². The molecule has 1 rings (SSSR count). The van der Waals surface area contributed by atoms with Gasteiger partial charge in [-0.3, -0.25) is 4.79 Å². The van der Waals surface area contributed by atoms with Gasteiger partial charge in [0.1, 0.15) is 11.5 Å². The van der Waals surface area contributed by atoms with E-state index in [0.717, 1.165) is 38.3 Å². The van der Waals surface area contributed by atoms with E-state index < -0.39 is 0 Å². The van der Waals surface area contributed by atoms with E-state index in [4.69, 9.17) is 9.47 Å². The molecule has 0 aliphatic carbocycles. The number of hydrogen-bond acceptors (Lipinski definition) is 4. The summed E-state index contributed by atoms with van der Waals surface area (Å²) in [6.07, 6.45) is 3.46. The van der Waals surface area contributed by atoms with Crippen LogP contribution in [0, 0.1) is 5.92 Å². The van der Waals surface area contributed by atoms with Gasteiger partial charge < -0.3 is 19.3 Å². The Morgan fingerprint density at radius 3 is 2.08 bits per heavy atom.